The minimum absolute atomic E-state index is 0.0610. The second-order valence-corrected chi connectivity index (χ2v) is 7.60. The zero-order valence-electron chi connectivity index (χ0n) is 14.6. The number of rotatable bonds is 4. The lowest BCUT2D eigenvalue weighted by atomic mass is 9.92. The number of carbonyl (C=O) groups excluding carboxylic acids is 1. The van der Waals surface area contributed by atoms with Crippen molar-refractivity contribution in [2.75, 3.05) is 0 Å². The molecule has 0 N–H and O–H groups in total. The minimum Gasteiger partial charge on any atom is -0.289 e. The van der Waals surface area contributed by atoms with Crippen molar-refractivity contribution in [3.05, 3.63) is 93.3 Å². The van der Waals surface area contributed by atoms with Gasteiger partial charge in [0, 0.05) is 26.5 Å². The molecule has 0 spiro atoms. The fourth-order valence-corrected chi connectivity index (χ4v) is 3.98. The van der Waals surface area contributed by atoms with Crippen molar-refractivity contribution in [1.82, 2.24) is 4.98 Å². The van der Waals surface area contributed by atoms with Gasteiger partial charge in [0.25, 0.3) is 0 Å². The number of fused-ring (bicyclic) bond motifs is 1. The summed E-state index contributed by atoms with van der Waals surface area (Å²) in [5, 5.41) is 3.50. The van der Waals surface area contributed by atoms with Crippen LogP contribution in [0, 0.1) is 6.92 Å². The first-order valence-corrected chi connectivity index (χ1v) is 9.80. The Labute approximate surface area is 166 Å². The second-order valence-electron chi connectivity index (χ2n) is 6.19. The number of aromatic nitrogens is 1. The van der Waals surface area contributed by atoms with Gasteiger partial charge in [0.15, 0.2) is 5.78 Å². The van der Waals surface area contributed by atoms with Gasteiger partial charge >= 0.3 is 0 Å². The number of thiophene rings is 1. The number of carbonyl (C=O) groups is 1. The maximum atomic E-state index is 13.1. The number of benzene rings is 2. The van der Waals surface area contributed by atoms with Crippen LogP contribution in [0.2, 0.25) is 5.02 Å². The fourth-order valence-electron chi connectivity index (χ4n) is 3.19. The van der Waals surface area contributed by atoms with E-state index in [4.69, 9.17) is 11.6 Å². The number of allylic oxidation sites excluding steroid dienone is 1. The first-order chi connectivity index (χ1) is 13.1. The number of pyridine rings is 1. The number of ketones is 1. The first-order valence-electron chi connectivity index (χ1n) is 8.54. The normalized spacial score (nSPS) is 11.3. The van der Waals surface area contributed by atoms with Crippen LogP contribution in [0.15, 0.2) is 72.1 Å². The van der Waals surface area contributed by atoms with E-state index in [1.54, 1.807) is 17.4 Å². The molecule has 0 amide bonds. The molecule has 2 aromatic heterocycles. The van der Waals surface area contributed by atoms with Crippen molar-refractivity contribution in [3.8, 4) is 11.1 Å². The lowest BCUT2D eigenvalue weighted by Gasteiger charge is -2.14. The monoisotopic (exact) mass is 389 g/mol. The first kappa shape index (κ1) is 17.7. The van der Waals surface area contributed by atoms with Gasteiger partial charge in [-0.3, -0.25) is 9.78 Å². The number of nitrogens with zero attached hydrogens (tertiary/aromatic N) is 1. The van der Waals surface area contributed by atoms with Crippen molar-refractivity contribution in [2.45, 2.75) is 6.92 Å². The molecule has 0 unspecified atom stereocenters. The van der Waals surface area contributed by atoms with Gasteiger partial charge < -0.3 is 0 Å². The van der Waals surface area contributed by atoms with Crippen LogP contribution in [-0.4, -0.2) is 10.8 Å². The Balaban J connectivity index is 1.96. The molecule has 4 rings (SSSR count). The fraction of sp³-hybridized carbons (Fsp3) is 0.0435. The van der Waals surface area contributed by atoms with Crippen LogP contribution in [0.4, 0.5) is 0 Å². The third-order valence-corrected chi connectivity index (χ3v) is 5.45. The minimum atomic E-state index is -0.0610. The Morgan fingerprint density at radius 2 is 1.89 bits per heavy atom. The lowest BCUT2D eigenvalue weighted by molar-refractivity contribution is 0.104. The predicted molar refractivity (Wildman–Crippen MR) is 115 cm³/mol. The maximum absolute atomic E-state index is 13.1. The average Bonchev–Trinajstić information content (AvgIpc) is 3.20. The molecule has 0 atom stereocenters. The SMILES string of the molecule is Cc1nc2ccc(Cl)cc2c(-c2ccccc2)c1C(=O)/C=C/c1cccs1. The molecule has 0 saturated carbocycles. The highest BCUT2D eigenvalue weighted by atomic mass is 35.5. The molecule has 4 aromatic rings. The molecule has 2 nitrogen and oxygen atoms in total. The van der Waals surface area contributed by atoms with E-state index >= 15 is 0 Å². The lowest BCUT2D eigenvalue weighted by Crippen LogP contribution is -2.05. The van der Waals surface area contributed by atoms with Gasteiger partial charge in [-0.05, 0) is 54.3 Å². The van der Waals surface area contributed by atoms with Crippen molar-refractivity contribution in [2.24, 2.45) is 0 Å². The van der Waals surface area contributed by atoms with Gasteiger partial charge in [-0.15, -0.1) is 11.3 Å². The number of hydrogen-bond acceptors (Lipinski definition) is 3. The quantitative estimate of drug-likeness (QED) is 0.283. The largest absolute Gasteiger partial charge is 0.289 e. The van der Waals surface area contributed by atoms with E-state index in [2.05, 4.69) is 4.98 Å². The van der Waals surface area contributed by atoms with Crippen LogP contribution in [-0.2, 0) is 0 Å². The van der Waals surface area contributed by atoms with E-state index in [1.165, 1.54) is 0 Å². The van der Waals surface area contributed by atoms with Gasteiger partial charge in [0.05, 0.1) is 11.1 Å². The highest BCUT2D eigenvalue weighted by Crippen LogP contribution is 2.35. The van der Waals surface area contributed by atoms with E-state index in [0.717, 1.165) is 26.9 Å². The second kappa shape index (κ2) is 7.47. The van der Waals surface area contributed by atoms with Crippen LogP contribution in [0.5, 0.6) is 0 Å². The average molecular weight is 390 g/mol. The number of hydrogen-bond donors (Lipinski definition) is 0. The van der Waals surface area contributed by atoms with Crippen LogP contribution in [0.3, 0.4) is 0 Å². The topological polar surface area (TPSA) is 30.0 Å². The molecule has 0 aliphatic carbocycles. The Hall–Kier alpha value is -2.75. The van der Waals surface area contributed by atoms with E-state index in [0.29, 0.717) is 16.3 Å². The number of aryl methyl sites for hydroxylation is 1. The van der Waals surface area contributed by atoms with E-state index in [1.807, 2.05) is 79.0 Å². The molecule has 2 aromatic carbocycles. The summed E-state index contributed by atoms with van der Waals surface area (Å²) in [7, 11) is 0. The summed E-state index contributed by atoms with van der Waals surface area (Å²) in [5.41, 5.74) is 4.01. The van der Waals surface area contributed by atoms with Crippen molar-refractivity contribution in [3.63, 3.8) is 0 Å². The molecule has 0 saturated heterocycles. The van der Waals surface area contributed by atoms with E-state index < -0.39 is 0 Å². The maximum Gasteiger partial charge on any atom is 0.188 e. The molecule has 4 heteroatoms. The third kappa shape index (κ3) is 3.57. The molecule has 0 bridgehead atoms. The van der Waals surface area contributed by atoms with Gasteiger partial charge in [-0.1, -0.05) is 48.0 Å². The van der Waals surface area contributed by atoms with Gasteiger partial charge in [0.1, 0.15) is 0 Å². The molecular weight excluding hydrogens is 374 g/mol. The molecular formula is C23H16ClNOS. The van der Waals surface area contributed by atoms with Gasteiger partial charge in [-0.2, -0.15) is 0 Å². The zero-order chi connectivity index (χ0) is 18.8. The predicted octanol–water partition coefficient (Wildman–Crippen LogP) is 6.82. The molecule has 2 heterocycles. The highest BCUT2D eigenvalue weighted by Gasteiger charge is 2.19. The summed E-state index contributed by atoms with van der Waals surface area (Å²) in [4.78, 5) is 18.8. The molecule has 27 heavy (non-hydrogen) atoms. The van der Waals surface area contributed by atoms with Crippen LogP contribution in [0.1, 0.15) is 20.9 Å². The van der Waals surface area contributed by atoms with Gasteiger partial charge in [0.2, 0.25) is 0 Å². The summed E-state index contributed by atoms with van der Waals surface area (Å²) >= 11 is 7.85. The zero-order valence-corrected chi connectivity index (χ0v) is 16.2. The smallest absolute Gasteiger partial charge is 0.188 e. The highest BCUT2D eigenvalue weighted by molar-refractivity contribution is 7.10. The van der Waals surface area contributed by atoms with E-state index in [-0.39, 0.29) is 5.78 Å². The van der Waals surface area contributed by atoms with Crippen LogP contribution >= 0.6 is 22.9 Å². The third-order valence-electron chi connectivity index (χ3n) is 4.38. The van der Waals surface area contributed by atoms with Crippen LogP contribution in [0.25, 0.3) is 28.1 Å². The van der Waals surface area contributed by atoms with Crippen molar-refractivity contribution >= 4 is 45.7 Å². The van der Waals surface area contributed by atoms with Crippen molar-refractivity contribution in [1.29, 1.82) is 0 Å². The summed E-state index contributed by atoms with van der Waals surface area (Å²) in [6.07, 6.45) is 3.47. The molecule has 0 fully saturated rings. The van der Waals surface area contributed by atoms with Crippen LogP contribution < -0.4 is 0 Å². The summed E-state index contributed by atoms with van der Waals surface area (Å²) in [5.74, 6) is -0.0610. The standard InChI is InChI=1S/C23H16ClNOS/c1-15-22(21(26)12-10-18-8-5-13-27-18)23(16-6-3-2-4-7-16)19-14-17(24)9-11-20(19)25-15/h2-14H,1H3/b12-10+. The molecule has 0 aliphatic heterocycles. The van der Waals surface area contributed by atoms with Gasteiger partial charge in [-0.25, -0.2) is 0 Å². The molecule has 132 valence electrons. The molecule has 0 radical (unpaired) electrons. The Bertz CT molecular complexity index is 1150. The summed E-state index contributed by atoms with van der Waals surface area (Å²) < 4.78 is 0. The Kier molecular flexibility index (Phi) is 4.88. The Morgan fingerprint density at radius 3 is 2.63 bits per heavy atom. The summed E-state index contributed by atoms with van der Waals surface area (Å²) in [6, 6.07) is 19.5. The van der Waals surface area contributed by atoms with E-state index in [9.17, 15) is 4.79 Å². The molecule has 0 aliphatic rings. The van der Waals surface area contributed by atoms with Crippen molar-refractivity contribution < 1.29 is 4.79 Å². The number of halogens is 1. The Morgan fingerprint density at radius 1 is 1.07 bits per heavy atom. The summed E-state index contributed by atoms with van der Waals surface area (Å²) in [6.45, 7) is 1.88.